The van der Waals surface area contributed by atoms with E-state index in [0.29, 0.717) is 47.1 Å². The molecule has 0 fully saturated rings. The van der Waals surface area contributed by atoms with E-state index >= 15 is 0 Å². The molecule has 1 atom stereocenters. The zero-order valence-electron chi connectivity index (χ0n) is 20.2. The molecule has 7 nitrogen and oxygen atoms in total. The summed E-state index contributed by atoms with van der Waals surface area (Å²) in [7, 11) is 1.57. The van der Waals surface area contributed by atoms with Gasteiger partial charge >= 0.3 is 0 Å². The van der Waals surface area contributed by atoms with Gasteiger partial charge in [0.05, 0.1) is 33.4 Å². The molecule has 0 aliphatic carbocycles. The van der Waals surface area contributed by atoms with Crippen molar-refractivity contribution in [1.29, 1.82) is 0 Å². The molecule has 0 unspecified atom stereocenters. The average Bonchev–Trinajstić information content (AvgIpc) is 3.20. The number of ether oxygens (including phenoxy) is 1. The normalized spacial score (nSPS) is 15.2. The minimum atomic E-state index is -0.734. The van der Waals surface area contributed by atoms with E-state index in [1.807, 2.05) is 30.3 Å². The Balaban J connectivity index is 1.70. The lowest BCUT2D eigenvalue weighted by Crippen LogP contribution is -2.40. The summed E-state index contributed by atoms with van der Waals surface area (Å²) in [4.78, 5) is 32.5. The Kier molecular flexibility index (Phi) is 7.25. The van der Waals surface area contributed by atoms with Crippen LogP contribution in [0.4, 0.5) is 5.69 Å². The molecule has 2 N–H and O–H groups in total. The second kappa shape index (κ2) is 10.6. The van der Waals surface area contributed by atoms with Crippen LogP contribution in [0.15, 0.2) is 92.3 Å². The van der Waals surface area contributed by atoms with E-state index in [4.69, 9.17) is 16.3 Å². The van der Waals surface area contributed by atoms with E-state index in [0.717, 1.165) is 5.56 Å². The summed E-state index contributed by atoms with van der Waals surface area (Å²) < 4.78 is 7.57. The molecule has 5 rings (SSSR count). The highest BCUT2D eigenvalue weighted by Crippen LogP contribution is 2.33. The number of amides is 1. The van der Waals surface area contributed by atoms with Crippen LogP contribution in [-0.4, -0.2) is 22.7 Å². The molecule has 1 amide bonds. The van der Waals surface area contributed by atoms with Gasteiger partial charge in [-0.25, -0.2) is 4.99 Å². The maximum atomic E-state index is 13.8. The Labute approximate surface area is 235 Å². The molecule has 1 aliphatic rings. The van der Waals surface area contributed by atoms with E-state index in [-0.39, 0.29) is 17.2 Å². The summed E-state index contributed by atoms with van der Waals surface area (Å²) in [5.41, 5.74) is 2.24. The number of para-hydroxylation sites is 1. The van der Waals surface area contributed by atoms with E-state index < -0.39 is 6.04 Å². The number of halogens is 2. The number of rotatable bonds is 5. The topological polar surface area (TPSA) is 92.9 Å². The molecule has 192 valence electrons. The number of aromatic hydroxyl groups is 1. The third-order valence-corrected chi connectivity index (χ3v) is 7.88. The number of thiazole rings is 1. The summed E-state index contributed by atoms with van der Waals surface area (Å²) >= 11 is 10.6. The number of nitrogens with one attached hydrogen (secondary N) is 1. The molecule has 3 aromatic carbocycles. The SMILES string of the molecule is COc1ccc([C@@H]2C(C(=O)Nc3ccccc3)=C(C)N=c3s/c(=C/c4cc(Cl)cc(Br)c4O)c(=O)n32)cc1. The van der Waals surface area contributed by atoms with Crippen LogP contribution in [0.1, 0.15) is 24.1 Å². The molecular weight excluding hydrogens is 590 g/mol. The van der Waals surface area contributed by atoms with Crippen LogP contribution in [0, 0.1) is 0 Å². The summed E-state index contributed by atoms with van der Waals surface area (Å²) in [5.74, 6) is 0.258. The second-order valence-electron chi connectivity index (χ2n) is 8.50. The number of fused-ring (bicyclic) bond motifs is 1. The fraction of sp³-hybridized carbons (Fsp3) is 0.107. The summed E-state index contributed by atoms with van der Waals surface area (Å²) in [6.45, 7) is 1.76. The summed E-state index contributed by atoms with van der Waals surface area (Å²) in [5, 5.41) is 13.8. The maximum absolute atomic E-state index is 13.8. The van der Waals surface area contributed by atoms with Gasteiger partial charge in [-0.05, 0) is 70.9 Å². The number of methoxy groups -OCH3 is 1. The number of phenolic OH excluding ortho intramolecular Hbond substituents is 1. The monoisotopic (exact) mass is 609 g/mol. The number of carbonyl (C=O) groups is 1. The first-order valence-electron chi connectivity index (χ1n) is 11.5. The first kappa shape index (κ1) is 26.0. The Hall–Kier alpha value is -3.66. The Bertz CT molecular complexity index is 1760. The molecule has 0 saturated heterocycles. The molecule has 38 heavy (non-hydrogen) atoms. The van der Waals surface area contributed by atoms with Crippen LogP contribution in [0.25, 0.3) is 6.08 Å². The van der Waals surface area contributed by atoms with Gasteiger partial charge in [-0.2, -0.15) is 0 Å². The first-order valence-corrected chi connectivity index (χ1v) is 13.5. The molecule has 1 aliphatic heterocycles. The molecule has 2 heterocycles. The quantitative estimate of drug-likeness (QED) is 0.333. The van der Waals surface area contributed by atoms with Gasteiger partial charge in [-0.3, -0.25) is 14.2 Å². The highest BCUT2D eigenvalue weighted by Gasteiger charge is 2.32. The summed E-state index contributed by atoms with van der Waals surface area (Å²) in [6, 6.07) is 18.7. The number of carbonyl (C=O) groups excluding carboxylic acids is 1. The number of aromatic nitrogens is 1. The van der Waals surface area contributed by atoms with E-state index in [2.05, 4.69) is 26.2 Å². The number of nitrogens with zero attached hydrogens (tertiary/aromatic N) is 2. The van der Waals surface area contributed by atoms with Crippen molar-refractivity contribution in [2.24, 2.45) is 4.99 Å². The molecule has 1 aromatic heterocycles. The van der Waals surface area contributed by atoms with Crippen molar-refractivity contribution in [1.82, 2.24) is 4.57 Å². The minimum Gasteiger partial charge on any atom is -0.506 e. The van der Waals surface area contributed by atoms with Crippen LogP contribution < -0.4 is 24.9 Å². The van der Waals surface area contributed by atoms with Crippen LogP contribution >= 0.6 is 38.9 Å². The van der Waals surface area contributed by atoms with Gasteiger partial charge in [-0.1, -0.05) is 53.3 Å². The van der Waals surface area contributed by atoms with Crippen molar-refractivity contribution in [3.8, 4) is 11.5 Å². The van der Waals surface area contributed by atoms with Crippen LogP contribution in [0.2, 0.25) is 5.02 Å². The van der Waals surface area contributed by atoms with Crippen LogP contribution in [0.5, 0.6) is 11.5 Å². The molecule has 4 aromatic rings. The zero-order chi connectivity index (χ0) is 27.0. The zero-order valence-corrected chi connectivity index (χ0v) is 23.4. The second-order valence-corrected chi connectivity index (χ2v) is 10.8. The standard InChI is InChI=1S/C28H21BrClN3O4S/c1-15-23(26(35)32-19-6-4-3-5-7-19)24(16-8-10-20(37-2)11-9-16)33-27(36)22(38-28(33)31-15)13-17-12-18(30)14-21(29)25(17)34/h3-14,24,34H,1-2H3,(H,32,35)/b22-13+/t24-/m1/s1. The number of anilines is 1. The fourth-order valence-corrected chi connectivity index (χ4v) is 6.14. The average molecular weight is 611 g/mol. The van der Waals surface area contributed by atoms with Gasteiger partial charge in [0.1, 0.15) is 11.5 Å². The van der Waals surface area contributed by atoms with Gasteiger partial charge in [0.25, 0.3) is 11.5 Å². The lowest BCUT2D eigenvalue weighted by atomic mass is 9.95. The van der Waals surface area contributed by atoms with Crippen molar-refractivity contribution in [3.63, 3.8) is 0 Å². The van der Waals surface area contributed by atoms with Gasteiger partial charge in [0.15, 0.2) is 4.80 Å². The Morgan fingerprint density at radius 2 is 1.89 bits per heavy atom. The Morgan fingerprint density at radius 3 is 2.58 bits per heavy atom. The van der Waals surface area contributed by atoms with Gasteiger partial charge in [0, 0.05) is 16.3 Å². The van der Waals surface area contributed by atoms with Crippen molar-refractivity contribution >= 4 is 56.5 Å². The number of benzene rings is 3. The lowest BCUT2D eigenvalue weighted by Gasteiger charge is -2.25. The first-order chi connectivity index (χ1) is 18.3. The number of allylic oxidation sites excluding steroid dienone is 1. The molecule has 0 radical (unpaired) electrons. The summed E-state index contributed by atoms with van der Waals surface area (Å²) in [6.07, 6.45) is 1.57. The molecule has 10 heteroatoms. The van der Waals surface area contributed by atoms with Crippen molar-refractivity contribution < 1.29 is 14.6 Å². The number of hydrogen-bond donors (Lipinski definition) is 2. The van der Waals surface area contributed by atoms with Crippen molar-refractivity contribution in [3.05, 3.63) is 118 Å². The highest BCUT2D eigenvalue weighted by molar-refractivity contribution is 9.10. The molecule has 0 saturated carbocycles. The lowest BCUT2D eigenvalue weighted by molar-refractivity contribution is -0.113. The number of hydrogen-bond acceptors (Lipinski definition) is 6. The Morgan fingerprint density at radius 1 is 1.18 bits per heavy atom. The van der Waals surface area contributed by atoms with Crippen LogP contribution in [-0.2, 0) is 4.79 Å². The number of phenols is 1. The minimum absolute atomic E-state index is 0.0361. The predicted molar refractivity (Wildman–Crippen MR) is 153 cm³/mol. The predicted octanol–water partition coefficient (Wildman–Crippen LogP) is 5.00. The van der Waals surface area contributed by atoms with Crippen LogP contribution in [0.3, 0.4) is 0 Å². The third kappa shape index (κ3) is 4.92. The smallest absolute Gasteiger partial charge is 0.271 e. The molecular formula is C28H21BrClN3O4S. The fourth-order valence-electron chi connectivity index (χ4n) is 4.27. The van der Waals surface area contributed by atoms with Crippen molar-refractivity contribution in [2.75, 3.05) is 12.4 Å². The third-order valence-electron chi connectivity index (χ3n) is 6.07. The van der Waals surface area contributed by atoms with Gasteiger partial charge < -0.3 is 15.2 Å². The molecule has 0 spiro atoms. The van der Waals surface area contributed by atoms with E-state index in [1.165, 1.54) is 15.9 Å². The van der Waals surface area contributed by atoms with E-state index in [1.54, 1.807) is 56.5 Å². The largest absolute Gasteiger partial charge is 0.506 e. The van der Waals surface area contributed by atoms with Gasteiger partial charge in [0.2, 0.25) is 0 Å². The van der Waals surface area contributed by atoms with Gasteiger partial charge in [-0.15, -0.1) is 0 Å². The van der Waals surface area contributed by atoms with E-state index in [9.17, 15) is 14.7 Å². The highest BCUT2D eigenvalue weighted by atomic mass is 79.9. The molecule has 0 bridgehead atoms. The van der Waals surface area contributed by atoms with Crippen molar-refractivity contribution in [2.45, 2.75) is 13.0 Å². The maximum Gasteiger partial charge on any atom is 0.271 e.